The van der Waals surface area contributed by atoms with Crippen LogP contribution in [0.4, 0.5) is 5.69 Å². The number of rotatable bonds is 8. The van der Waals surface area contributed by atoms with Crippen molar-refractivity contribution in [1.82, 2.24) is 5.32 Å². The van der Waals surface area contributed by atoms with Gasteiger partial charge in [0.1, 0.15) is 5.75 Å². The number of ether oxygens (including phenoxy) is 2. The van der Waals surface area contributed by atoms with Crippen molar-refractivity contribution in [2.24, 2.45) is 0 Å². The van der Waals surface area contributed by atoms with Crippen LogP contribution in [0.1, 0.15) is 61.0 Å². The van der Waals surface area contributed by atoms with E-state index >= 15 is 0 Å². The summed E-state index contributed by atoms with van der Waals surface area (Å²) in [5.74, 6) is 0.440. The van der Waals surface area contributed by atoms with Crippen LogP contribution in [0, 0.1) is 6.92 Å². The number of nitrogens with one attached hydrogen (secondary N) is 2. The maximum absolute atomic E-state index is 12.8. The number of aryl methyl sites for hydroxylation is 1. The van der Waals surface area contributed by atoms with Gasteiger partial charge in [-0.05, 0) is 61.9 Å². The molecule has 1 aliphatic heterocycles. The van der Waals surface area contributed by atoms with Crippen LogP contribution >= 0.6 is 0 Å². The second-order valence-corrected chi connectivity index (χ2v) is 8.34. The van der Waals surface area contributed by atoms with Crippen LogP contribution in [0.2, 0.25) is 0 Å². The normalized spacial score (nSPS) is 16.7. The Labute approximate surface area is 184 Å². The molecule has 2 aromatic carbocycles. The summed E-state index contributed by atoms with van der Waals surface area (Å²) < 4.78 is 11.6. The van der Waals surface area contributed by atoms with Crippen LogP contribution in [-0.4, -0.2) is 37.2 Å². The van der Waals surface area contributed by atoms with Gasteiger partial charge in [-0.15, -0.1) is 0 Å². The molecule has 6 heteroatoms. The lowest BCUT2D eigenvalue weighted by molar-refractivity contribution is -0.122. The summed E-state index contributed by atoms with van der Waals surface area (Å²) in [4.78, 5) is 25.5. The van der Waals surface area contributed by atoms with Gasteiger partial charge < -0.3 is 20.1 Å². The van der Waals surface area contributed by atoms with Gasteiger partial charge in [-0.25, -0.2) is 0 Å². The summed E-state index contributed by atoms with van der Waals surface area (Å²) in [5, 5.41) is 5.75. The summed E-state index contributed by atoms with van der Waals surface area (Å²) in [7, 11) is 0. The van der Waals surface area contributed by atoms with Gasteiger partial charge in [0.15, 0.2) is 6.10 Å². The third-order valence-electron chi connectivity index (χ3n) is 5.41. The second-order valence-electron chi connectivity index (χ2n) is 8.34. The molecule has 2 atom stereocenters. The van der Waals surface area contributed by atoms with Crippen molar-refractivity contribution in [3.05, 3.63) is 59.2 Å². The highest BCUT2D eigenvalue weighted by Gasteiger charge is 2.21. The van der Waals surface area contributed by atoms with Crippen LogP contribution in [0.15, 0.2) is 42.5 Å². The van der Waals surface area contributed by atoms with Crippen LogP contribution in [0.5, 0.6) is 5.75 Å². The maximum atomic E-state index is 12.8. The van der Waals surface area contributed by atoms with Gasteiger partial charge in [0.05, 0.1) is 17.4 Å². The second kappa shape index (κ2) is 10.4. The molecule has 0 unspecified atom stereocenters. The van der Waals surface area contributed by atoms with Crippen molar-refractivity contribution >= 4 is 17.5 Å². The van der Waals surface area contributed by atoms with E-state index in [-0.39, 0.29) is 23.8 Å². The summed E-state index contributed by atoms with van der Waals surface area (Å²) >= 11 is 0. The quantitative estimate of drug-likeness (QED) is 0.657. The molecule has 0 aliphatic carbocycles. The zero-order valence-corrected chi connectivity index (χ0v) is 18.7. The fraction of sp³-hybridized carbons (Fsp3) is 0.440. The number of anilines is 1. The first kappa shape index (κ1) is 22.8. The Morgan fingerprint density at radius 1 is 1.16 bits per heavy atom. The molecule has 2 aromatic rings. The minimum Gasteiger partial charge on any atom is -0.481 e. The van der Waals surface area contributed by atoms with E-state index in [9.17, 15) is 9.59 Å². The van der Waals surface area contributed by atoms with Crippen molar-refractivity contribution < 1.29 is 19.1 Å². The van der Waals surface area contributed by atoms with Crippen LogP contribution < -0.4 is 15.4 Å². The average molecular weight is 425 g/mol. The first-order valence-electron chi connectivity index (χ1n) is 10.9. The van der Waals surface area contributed by atoms with E-state index in [1.807, 2.05) is 25.1 Å². The third-order valence-corrected chi connectivity index (χ3v) is 5.41. The number of hydrogen-bond acceptors (Lipinski definition) is 4. The van der Waals surface area contributed by atoms with Gasteiger partial charge in [-0.2, -0.15) is 0 Å². The van der Waals surface area contributed by atoms with Crippen LogP contribution in [0.3, 0.4) is 0 Å². The van der Waals surface area contributed by atoms with E-state index in [1.54, 1.807) is 31.2 Å². The Balaban J connectivity index is 1.66. The van der Waals surface area contributed by atoms with E-state index in [1.165, 1.54) is 0 Å². The summed E-state index contributed by atoms with van der Waals surface area (Å²) in [6, 6.07) is 13.0. The van der Waals surface area contributed by atoms with Gasteiger partial charge in [0.25, 0.3) is 11.8 Å². The van der Waals surface area contributed by atoms with E-state index < -0.39 is 6.10 Å². The molecule has 3 rings (SSSR count). The van der Waals surface area contributed by atoms with E-state index in [2.05, 4.69) is 24.5 Å². The topological polar surface area (TPSA) is 76.7 Å². The van der Waals surface area contributed by atoms with E-state index in [0.717, 1.165) is 30.6 Å². The molecule has 0 aromatic heterocycles. The summed E-state index contributed by atoms with van der Waals surface area (Å²) in [6.07, 6.45) is 1.31. The lowest BCUT2D eigenvalue weighted by Crippen LogP contribution is -2.34. The van der Waals surface area contributed by atoms with Crippen molar-refractivity contribution in [1.29, 1.82) is 0 Å². The van der Waals surface area contributed by atoms with Crippen LogP contribution in [-0.2, 0) is 9.53 Å². The molecule has 0 bridgehead atoms. The molecule has 1 saturated heterocycles. The van der Waals surface area contributed by atoms with Crippen molar-refractivity contribution in [3.63, 3.8) is 0 Å². The van der Waals surface area contributed by atoms with Gasteiger partial charge in [0.2, 0.25) is 0 Å². The Morgan fingerprint density at radius 3 is 2.65 bits per heavy atom. The highest BCUT2D eigenvalue weighted by molar-refractivity contribution is 6.04. The van der Waals surface area contributed by atoms with E-state index in [0.29, 0.717) is 23.5 Å². The maximum Gasteiger partial charge on any atom is 0.265 e. The summed E-state index contributed by atoms with van der Waals surface area (Å²) in [5.41, 5.74) is 3.00. The zero-order chi connectivity index (χ0) is 22.4. The zero-order valence-electron chi connectivity index (χ0n) is 18.7. The number of carbonyl (C=O) groups is 2. The predicted molar refractivity (Wildman–Crippen MR) is 122 cm³/mol. The van der Waals surface area contributed by atoms with Crippen LogP contribution in [0.25, 0.3) is 0 Å². The number of para-hydroxylation sites is 1. The molecule has 1 fully saturated rings. The molecule has 2 amide bonds. The van der Waals surface area contributed by atoms with Gasteiger partial charge >= 0.3 is 0 Å². The van der Waals surface area contributed by atoms with Gasteiger partial charge in [-0.3, -0.25) is 9.59 Å². The number of amides is 2. The first-order valence-corrected chi connectivity index (χ1v) is 10.9. The Hall–Kier alpha value is -2.86. The molecule has 0 radical (unpaired) electrons. The molecule has 31 heavy (non-hydrogen) atoms. The largest absolute Gasteiger partial charge is 0.481 e. The number of benzene rings is 2. The minimum atomic E-state index is -0.720. The molecular formula is C25H32N2O4. The SMILES string of the molecule is Cc1ccc(C(C)C)c(O[C@@H](C)C(=O)Nc2ccccc2C(=O)NC[C@@H]2CCCO2)c1. The third kappa shape index (κ3) is 6.07. The molecule has 2 N–H and O–H groups in total. The lowest BCUT2D eigenvalue weighted by atomic mass is 10.0. The highest BCUT2D eigenvalue weighted by Crippen LogP contribution is 2.28. The molecule has 6 nitrogen and oxygen atoms in total. The number of carbonyl (C=O) groups excluding carboxylic acids is 2. The Bertz CT molecular complexity index is 919. The molecule has 0 saturated carbocycles. The minimum absolute atomic E-state index is 0.0589. The fourth-order valence-corrected chi connectivity index (χ4v) is 3.60. The average Bonchev–Trinajstić information content (AvgIpc) is 3.26. The standard InChI is InChI=1S/C25H32N2O4/c1-16(2)20-12-11-17(3)14-23(20)31-18(4)24(28)27-22-10-6-5-9-21(22)25(29)26-15-19-8-7-13-30-19/h5-6,9-12,14,16,18-19H,7-8,13,15H2,1-4H3,(H,26,29)(H,27,28)/t18-,19-/m0/s1. The van der Waals surface area contributed by atoms with Gasteiger partial charge in [-0.1, -0.05) is 38.1 Å². The first-order chi connectivity index (χ1) is 14.8. The van der Waals surface area contributed by atoms with Gasteiger partial charge in [0, 0.05) is 13.2 Å². The predicted octanol–water partition coefficient (Wildman–Crippen LogP) is 4.43. The lowest BCUT2D eigenvalue weighted by Gasteiger charge is -2.20. The molecular weight excluding hydrogens is 392 g/mol. The molecule has 0 spiro atoms. The van der Waals surface area contributed by atoms with Crippen molar-refractivity contribution in [2.45, 2.75) is 58.7 Å². The smallest absolute Gasteiger partial charge is 0.265 e. The monoisotopic (exact) mass is 424 g/mol. The molecule has 1 heterocycles. The number of hydrogen-bond donors (Lipinski definition) is 2. The fourth-order valence-electron chi connectivity index (χ4n) is 3.60. The van der Waals surface area contributed by atoms with Crippen molar-refractivity contribution in [2.75, 3.05) is 18.5 Å². The Morgan fingerprint density at radius 2 is 1.94 bits per heavy atom. The highest BCUT2D eigenvalue weighted by atomic mass is 16.5. The molecule has 166 valence electrons. The molecule has 1 aliphatic rings. The van der Waals surface area contributed by atoms with E-state index in [4.69, 9.17) is 9.47 Å². The Kier molecular flexibility index (Phi) is 7.69. The van der Waals surface area contributed by atoms with Crippen molar-refractivity contribution in [3.8, 4) is 5.75 Å². The summed E-state index contributed by atoms with van der Waals surface area (Å²) in [6.45, 7) is 9.09.